The van der Waals surface area contributed by atoms with E-state index in [1.54, 1.807) is 29.4 Å². The Balaban J connectivity index is 0.000000384. The van der Waals surface area contributed by atoms with Gasteiger partial charge in [0, 0.05) is 63.2 Å². The monoisotopic (exact) mass is 880 g/mol. The van der Waals surface area contributed by atoms with Crippen LogP contribution in [0.2, 0.25) is 0 Å². The Labute approximate surface area is 316 Å². The van der Waals surface area contributed by atoms with Crippen molar-refractivity contribution in [3.05, 3.63) is 83.2 Å². The minimum atomic E-state index is -0.337. The fraction of sp³-hybridized carbons (Fsp3) is 0.425. The van der Waals surface area contributed by atoms with Gasteiger partial charge in [-0.15, -0.1) is 53.3 Å². The van der Waals surface area contributed by atoms with Crippen LogP contribution in [0.4, 0.5) is 0 Å². The van der Waals surface area contributed by atoms with Gasteiger partial charge in [-0.05, 0) is 72.2 Å². The molecule has 8 heteroatoms. The Kier molecular flexibility index (Phi) is 15.4. The zero-order valence-corrected chi connectivity index (χ0v) is 35.0. The predicted molar refractivity (Wildman–Crippen MR) is 207 cm³/mol. The van der Waals surface area contributed by atoms with Gasteiger partial charge in [-0.3, -0.25) is 9.78 Å². The molecule has 0 unspecified atom stereocenters. The summed E-state index contributed by atoms with van der Waals surface area (Å²) in [5.74, 6) is 0.286. The number of carbonyl (C=O) groups is 1. The Morgan fingerprint density at radius 1 is 1.04 bits per heavy atom. The van der Waals surface area contributed by atoms with Crippen molar-refractivity contribution in [2.75, 3.05) is 0 Å². The average Bonchev–Trinajstić information content (AvgIpc) is 3.44. The number of rotatable bonds is 11. The zero-order valence-electron chi connectivity index (χ0n) is 30.1. The van der Waals surface area contributed by atoms with Crippen LogP contribution in [-0.4, -0.2) is 20.9 Å². The van der Waals surface area contributed by atoms with Gasteiger partial charge in [0.1, 0.15) is 12.1 Å². The number of aryl methyl sites for hydroxylation is 1. The van der Waals surface area contributed by atoms with Gasteiger partial charge in [0.25, 0.3) is 0 Å². The molecular formula is C40H51IrN2O2S3-. The SMILES string of the molecule is C=CSc1c[c-]c(-c2ncncc2-c2c(S)ccc3cc(C)sc23)cc1C(C)(C)C.CCC(C)(CC)C(=O)/C=C(\O)C(C)(CC)CC.[Ir]. The number of aromatic nitrogens is 2. The van der Waals surface area contributed by atoms with Crippen molar-refractivity contribution in [2.24, 2.45) is 10.8 Å². The number of thioether (sulfide) groups is 1. The van der Waals surface area contributed by atoms with Crippen molar-refractivity contribution in [3.8, 4) is 22.4 Å². The summed E-state index contributed by atoms with van der Waals surface area (Å²) in [5.41, 5.74) is 4.54. The maximum atomic E-state index is 12.2. The average molecular weight is 880 g/mol. The van der Waals surface area contributed by atoms with E-state index in [1.807, 2.05) is 59.2 Å². The van der Waals surface area contributed by atoms with E-state index in [9.17, 15) is 9.90 Å². The fourth-order valence-corrected chi connectivity index (χ4v) is 7.54. The molecule has 0 fully saturated rings. The first-order valence-electron chi connectivity index (χ1n) is 16.4. The first kappa shape index (κ1) is 41.9. The van der Waals surface area contributed by atoms with Crippen molar-refractivity contribution in [3.63, 3.8) is 0 Å². The second-order valence-corrected chi connectivity index (χ2v) is 16.4. The van der Waals surface area contributed by atoms with Gasteiger partial charge in [0.05, 0.1) is 0 Å². The largest absolute Gasteiger partial charge is 0.512 e. The Morgan fingerprint density at radius 3 is 2.23 bits per heavy atom. The Hall–Kier alpha value is -2.22. The quantitative estimate of drug-likeness (QED) is 0.0517. The van der Waals surface area contributed by atoms with E-state index in [4.69, 9.17) is 12.6 Å². The number of aliphatic hydroxyl groups is 1. The molecule has 0 amide bonds. The van der Waals surface area contributed by atoms with E-state index >= 15 is 0 Å². The van der Waals surface area contributed by atoms with E-state index in [0.717, 1.165) is 53.0 Å². The normalized spacial score (nSPS) is 12.3. The second-order valence-electron chi connectivity index (χ2n) is 13.6. The standard InChI is InChI=1S/C25H23N2S3.C15H28O2.Ir/c1-6-29-21-10-8-16(12-19(21)25(3,4)5)23-18(13-26-14-27-23)22-20(28)9-7-17-11-15(2)30-24(17)22;1-7-14(5,8-2)12(16)11-13(17)15(6,9-3)10-4;/h6-7,9-14,28H,1H2,2-5H3;11,16H,7-10H2,1-6H3;/q-1;;/b;12-11-;. The number of thiophene rings is 1. The molecule has 0 aliphatic carbocycles. The molecule has 2 heterocycles. The number of nitrogens with zero attached hydrogens (tertiary/aromatic N) is 2. The number of thiol groups is 1. The summed E-state index contributed by atoms with van der Waals surface area (Å²) in [6, 6.07) is 14.1. The molecule has 0 saturated heterocycles. The molecule has 0 bridgehead atoms. The van der Waals surface area contributed by atoms with Gasteiger partial charge in [-0.25, -0.2) is 4.98 Å². The van der Waals surface area contributed by atoms with E-state index < -0.39 is 0 Å². The minimum absolute atomic E-state index is 0. The van der Waals surface area contributed by atoms with E-state index in [0.29, 0.717) is 0 Å². The van der Waals surface area contributed by atoms with Gasteiger partial charge in [-0.1, -0.05) is 79.9 Å². The number of hydrogen-bond acceptors (Lipinski definition) is 7. The number of ketones is 1. The Bertz CT molecular complexity index is 1750. The Morgan fingerprint density at radius 2 is 1.67 bits per heavy atom. The van der Waals surface area contributed by atoms with E-state index in [2.05, 4.69) is 74.6 Å². The topological polar surface area (TPSA) is 63.1 Å². The van der Waals surface area contributed by atoms with Crippen LogP contribution in [0.25, 0.3) is 32.5 Å². The van der Waals surface area contributed by atoms with Gasteiger partial charge in [-0.2, -0.15) is 11.8 Å². The number of fused-ring (bicyclic) bond motifs is 1. The van der Waals surface area contributed by atoms with Crippen LogP contribution in [0.1, 0.15) is 98.4 Å². The molecule has 2 aromatic heterocycles. The van der Waals surface area contributed by atoms with Crippen LogP contribution in [0.3, 0.4) is 0 Å². The molecule has 0 saturated carbocycles. The van der Waals surface area contributed by atoms with Crippen LogP contribution in [0, 0.1) is 23.8 Å². The first-order valence-corrected chi connectivity index (χ1v) is 18.6. The molecule has 1 radical (unpaired) electrons. The molecule has 261 valence electrons. The molecule has 1 N–H and O–H groups in total. The molecule has 0 aliphatic rings. The number of carbonyl (C=O) groups excluding carboxylic acids is 1. The van der Waals surface area contributed by atoms with Gasteiger partial charge < -0.3 is 5.11 Å². The summed E-state index contributed by atoms with van der Waals surface area (Å²) in [7, 11) is 0. The molecular weight excluding hydrogens is 829 g/mol. The molecule has 4 rings (SSSR count). The molecule has 4 nitrogen and oxygen atoms in total. The number of allylic oxidation sites excluding steroid dienone is 2. The third-order valence-corrected chi connectivity index (χ3v) is 11.8. The molecule has 4 aromatic rings. The minimum Gasteiger partial charge on any atom is -0.512 e. The van der Waals surface area contributed by atoms with Crippen molar-refractivity contribution >= 4 is 51.6 Å². The van der Waals surface area contributed by atoms with Crippen LogP contribution < -0.4 is 0 Å². The third-order valence-electron chi connectivity index (χ3n) is 9.56. The van der Waals surface area contributed by atoms with E-state index in [1.165, 1.54) is 31.5 Å². The predicted octanol–water partition coefficient (Wildman–Crippen LogP) is 12.6. The number of aliphatic hydroxyl groups excluding tert-OH is 1. The summed E-state index contributed by atoms with van der Waals surface area (Å²) >= 11 is 8.20. The zero-order chi connectivity index (χ0) is 35.2. The van der Waals surface area contributed by atoms with Crippen LogP contribution >= 0.6 is 35.7 Å². The van der Waals surface area contributed by atoms with Gasteiger partial charge >= 0.3 is 0 Å². The van der Waals surface area contributed by atoms with Crippen LogP contribution in [0.15, 0.2) is 76.5 Å². The van der Waals surface area contributed by atoms with Crippen LogP contribution in [-0.2, 0) is 30.3 Å². The summed E-state index contributed by atoms with van der Waals surface area (Å²) in [6.07, 6.45) is 8.25. The number of benzene rings is 2. The summed E-state index contributed by atoms with van der Waals surface area (Å²) in [6.45, 7) is 24.8. The van der Waals surface area contributed by atoms with Gasteiger partial charge in [0.2, 0.25) is 0 Å². The fourth-order valence-electron chi connectivity index (χ4n) is 5.28. The third kappa shape index (κ3) is 9.51. The van der Waals surface area contributed by atoms with Crippen LogP contribution in [0.5, 0.6) is 0 Å². The van der Waals surface area contributed by atoms with Crippen molar-refractivity contribution in [1.29, 1.82) is 0 Å². The molecule has 0 aliphatic heterocycles. The first-order chi connectivity index (χ1) is 22.1. The smallest absolute Gasteiger partial charge is 0.164 e. The summed E-state index contributed by atoms with van der Waals surface area (Å²) in [4.78, 5) is 24.6. The van der Waals surface area contributed by atoms with Crippen molar-refractivity contribution in [1.82, 2.24) is 9.97 Å². The van der Waals surface area contributed by atoms with Crippen molar-refractivity contribution in [2.45, 2.75) is 110 Å². The summed E-state index contributed by atoms with van der Waals surface area (Å²) < 4.78 is 1.21. The van der Waals surface area contributed by atoms with Gasteiger partial charge in [0.15, 0.2) is 5.78 Å². The molecule has 0 atom stereocenters. The number of hydrogen-bond donors (Lipinski definition) is 2. The summed E-state index contributed by atoms with van der Waals surface area (Å²) in [5, 5.41) is 13.2. The van der Waals surface area contributed by atoms with Crippen molar-refractivity contribution < 1.29 is 30.0 Å². The molecule has 0 spiro atoms. The maximum absolute atomic E-state index is 12.2. The second kappa shape index (κ2) is 17.6. The molecule has 48 heavy (non-hydrogen) atoms. The van der Waals surface area contributed by atoms with E-state index in [-0.39, 0.29) is 47.9 Å². The molecule has 2 aromatic carbocycles. The maximum Gasteiger partial charge on any atom is 0.164 e.